The van der Waals surface area contributed by atoms with Gasteiger partial charge in [-0.15, -0.1) is 0 Å². The van der Waals surface area contributed by atoms with Crippen LogP contribution in [-0.2, 0) is 0 Å². The van der Waals surface area contributed by atoms with Crippen LogP contribution in [0.1, 0.15) is 24.0 Å². The SMILES string of the molecule is COc1ccc2c(/C=C3\CCCN=C3c3cccnc3)c[nH]c2c1. The lowest BCUT2D eigenvalue weighted by atomic mass is 9.95. The fourth-order valence-electron chi connectivity index (χ4n) is 3.16. The zero-order chi connectivity index (χ0) is 16.4. The summed E-state index contributed by atoms with van der Waals surface area (Å²) in [7, 11) is 1.69. The van der Waals surface area contributed by atoms with Crippen molar-refractivity contribution in [3.8, 4) is 5.75 Å². The molecule has 0 saturated carbocycles. The van der Waals surface area contributed by atoms with Crippen LogP contribution in [-0.4, -0.2) is 29.3 Å². The number of pyridine rings is 1. The Morgan fingerprint density at radius 2 is 2.21 bits per heavy atom. The van der Waals surface area contributed by atoms with Gasteiger partial charge in [0.15, 0.2) is 0 Å². The molecule has 24 heavy (non-hydrogen) atoms. The van der Waals surface area contributed by atoms with Crippen molar-refractivity contribution in [2.24, 2.45) is 4.99 Å². The quantitative estimate of drug-likeness (QED) is 0.785. The van der Waals surface area contributed by atoms with E-state index in [0.717, 1.165) is 41.9 Å². The number of aromatic amines is 1. The van der Waals surface area contributed by atoms with E-state index in [2.05, 4.69) is 28.2 Å². The Balaban J connectivity index is 1.76. The Morgan fingerprint density at radius 3 is 3.04 bits per heavy atom. The van der Waals surface area contributed by atoms with E-state index < -0.39 is 0 Å². The standard InChI is InChI=1S/C20H19N3O/c1-24-17-6-7-18-16(13-23-19(18)11-17)10-14-4-3-9-22-20(14)15-5-2-8-21-12-15/h2,5-8,10-13,23H,3-4,9H2,1H3/b14-10+. The van der Waals surface area contributed by atoms with Gasteiger partial charge in [-0.1, -0.05) is 0 Å². The highest BCUT2D eigenvalue weighted by Crippen LogP contribution is 2.27. The van der Waals surface area contributed by atoms with Gasteiger partial charge in [0.05, 0.1) is 12.8 Å². The molecule has 0 atom stereocenters. The number of allylic oxidation sites excluding steroid dienone is 1. The lowest BCUT2D eigenvalue weighted by Gasteiger charge is -2.16. The van der Waals surface area contributed by atoms with E-state index in [0.29, 0.717) is 0 Å². The maximum atomic E-state index is 5.29. The Morgan fingerprint density at radius 1 is 1.25 bits per heavy atom. The maximum absolute atomic E-state index is 5.29. The lowest BCUT2D eigenvalue weighted by Crippen LogP contribution is -2.11. The van der Waals surface area contributed by atoms with E-state index >= 15 is 0 Å². The first-order valence-electron chi connectivity index (χ1n) is 8.16. The number of nitrogens with one attached hydrogen (secondary N) is 1. The fourth-order valence-corrected chi connectivity index (χ4v) is 3.16. The zero-order valence-electron chi connectivity index (χ0n) is 13.6. The summed E-state index contributed by atoms with van der Waals surface area (Å²) >= 11 is 0. The molecule has 1 aliphatic heterocycles. The lowest BCUT2D eigenvalue weighted by molar-refractivity contribution is 0.415. The second-order valence-corrected chi connectivity index (χ2v) is 5.90. The molecule has 0 amide bonds. The molecule has 120 valence electrons. The van der Waals surface area contributed by atoms with Crippen molar-refractivity contribution in [3.63, 3.8) is 0 Å². The molecule has 1 aliphatic rings. The number of nitrogens with zero attached hydrogens (tertiary/aromatic N) is 2. The molecule has 0 aliphatic carbocycles. The Labute approximate surface area is 140 Å². The average Bonchev–Trinajstić information content (AvgIpc) is 3.05. The third-order valence-corrected chi connectivity index (χ3v) is 4.36. The van der Waals surface area contributed by atoms with Crippen LogP contribution >= 0.6 is 0 Å². The summed E-state index contributed by atoms with van der Waals surface area (Å²) in [6, 6.07) is 10.2. The molecule has 4 rings (SSSR count). The number of hydrogen-bond acceptors (Lipinski definition) is 3. The average molecular weight is 317 g/mol. The van der Waals surface area contributed by atoms with Crippen molar-refractivity contribution >= 4 is 22.7 Å². The third kappa shape index (κ3) is 2.71. The fraction of sp³-hybridized carbons (Fsp3) is 0.200. The van der Waals surface area contributed by atoms with E-state index in [1.807, 2.05) is 30.6 Å². The molecule has 0 spiro atoms. The molecule has 0 bridgehead atoms. The summed E-state index contributed by atoms with van der Waals surface area (Å²) in [5.74, 6) is 0.860. The summed E-state index contributed by atoms with van der Waals surface area (Å²) in [4.78, 5) is 12.3. The van der Waals surface area contributed by atoms with Gasteiger partial charge in [-0.2, -0.15) is 0 Å². The number of benzene rings is 1. The Hall–Kier alpha value is -2.88. The monoisotopic (exact) mass is 317 g/mol. The van der Waals surface area contributed by atoms with Gasteiger partial charge in [0, 0.05) is 53.2 Å². The van der Waals surface area contributed by atoms with E-state index in [9.17, 15) is 0 Å². The molecule has 1 aromatic carbocycles. The van der Waals surface area contributed by atoms with Crippen LogP contribution in [0, 0.1) is 0 Å². The van der Waals surface area contributed by atoms with E-state index in [1.165, 1.54) is 16.5 Å². The molecule has 0 fully saturated rings. The van der Waals surface area contributed by atoms with Crippen molar-refractivity contribution in [1.29, 1.82) is 0 Å². The minimum atomic E-state index is 0.860. The van der Waals surface area contributed by atoms with Crippen LogP contribution in [0.25, 0.3) is 17.0 Å². The highest BCUT2D eigenvalue weighted by Gasteiger charge is 2.15. The van der Waals surface area contributed by atoms with Crippen molar-refractivity contribution in [1.82, 2.24) is 9.97 Å². The number of H-pyrrole nitrogens is 1. The zero-order valence-corrected chi connectivity index (χ0v) is 13.6. The highest BCUT2D eigenvalue weighted by atomic mass is 16.5. The summed E-state index contributed by atoms with van der Waals surface area (Å²) in [6.45, 7) is 0.882. The smallest absolute Gasteiger partial charge is 0.120 e. The molecule has 3 aromatic rings. The van der Waals surface area contributed by atoms with Crippen LogP contribution in [0.5, 0.6) is 5.75 Å². The normalized spacial score (nSPS) is 16.4. The van der Waals surface area contributed by atoms with Crippen molar-refractivity contribution < 1.29 is 4.74 Å². The van der Waals surface area contributed by atoms with Gasteiger partial charge in [0.25, 0.3) is 0 Å². The van der Waals surface area contributed by atoms with Gasteiger partial charge in [0.2, 0.25) is 0 Å². The molecule has 2 aromatic heterocycles. The summed E-state index contributed by atoms with van der Waals surface area (Å²) in [5, 5.41) is 1.19. The van der Waals surface area contributed by atoms with E-state index in [1.54, 1.807) is 13.3 Å². The van der Waals surface area contributed by atoms with Crippen LogP contribution < -0.4 is 4.74 Å². The largest absolute Gasteiger partial charge is 0.497 e. The summed E-state index contributed by atoms with van der Waals surface area (Å²) in [6.07, 6.45) is 10.1. The second-order valence-electron chi connectivity index (χ2n) is 5.90. The molecular formula is C20H19N3O. The van der Waals surface area contributed by atoms with Gasteiger partial charge < -0.3 is 9.72 Å². The minimum absolute atomic E-state index is 0.860. The minimum Gasteiger partial charge on any atom is -0.497 e. The topological polar surface area (TPSA) is 50.3 Å². The Kier molecular flexibility index (Phi) is 3.87. The molecule has 0 saturated heterocycles. The molecule has 4 heteroatoms. The number of ether oxygens (including phenoxy) is 1. The van der Waals surface area contributed by atoms with Gasteiger partial charge in [-0.3, -0.25) is 9.98 Å². The number of methoxy groups -OCH3 is 1. The molecule has 0 radical (unpaired) electrons. The van der Waals surface area contributed by atoms with Gasteiger partial charge in [0.1, 0.15) is 5.75 Å². The maximum Gasteiger partial charge on any atom is 0.120 e. The predicted octanol–water partition coefficient (Wildman–Crippen LogP) is 4.24. The number of aromatic nitrogens is 2. The van der Waals surface area contributed by atoms with Crippen LogP contribution in [0.3, 0.4) is 0 Å². The first-order chi connectivity index (χ1) is 11.8. The van der Waals surface area contributed by atoms with Crippen molar-refractivity contribution in [3.05, 3.63) is 65.6 Å². The van der Waals surface area contributed by atoms with Crippen molar-refractivity contribution in [2.45, 2.75) is 12.8 Å². The van der Waals surface area contributed by atoms with Crippen LogP contribution in [0.15, 0.2) is 59.5 Å². The first-order valence-corrected chi connectivity index (χ1v) is 8.16. The molecular weight excluding hydrogens is 298 g/mol. The van der Waals surface area contributed by atoms with Gasteiger partial charge >= 0.3 is 0 Å². The highest BCUT2D eigenvalue weighted by molar-refractivity contribution is 6.15. The Bertz CT molecular complexity index is 922. The summed E-state index contributed by atoms with van der Waals surface area (Å²) < 4.78 is 5.29. The van der Waals surface area contributed by atoms with Gasteiger partial charge in [-0.25, -0.2) is 0 Å². The summed E-state index contributed by atoms with van der Waals surface area (Å²) in [5.41, 5.74) is 5.69. The molecule has 3 heterocycles. The van der Waals surface area contributed by atoms with Gasteiger partial charge in [-0.05, 0) is 48.8 Å². The van der Waals surface area contributed by atoms with Crippen LogP contribution in [0.4, 0.5) is 0 Å². The number of fused-ring (bicyclic) bond motifs is 1. The number of aliphatic imine (C=N–C) groups is 1. The first kappa shape index (κ1) is 14.7. The molecule has 1 N–H and O–H groups in total. The second kappa shape index (κ2) is 6.32. The molecule has 0 unspecified atom stereocenters. The van der Waals surface area contributed by atoms with E-state index in [-0.39, 0.29) is 0 Å². The molecule has 4 nitrogen and oxygen atoms in total. The third-order valence-electron chi connectivity index (χ3n) is 4.36. The van der Waals surface area contributed by atoms with Crippen molar-refractivity contribution in [2.75, 3.05) is 13.7 Å². The van der Waals surface area contributed by atoms with Crippen LogP contribution in [0.2, 0.25) is 0 Å². The van der Waals surface area contributed by atoms with E-state index in [4.69, 9.17) is 9.73 Å². The number of hydrogen-bond donors (Lipinski definition) is 1. The predicted molar refractivity (Wildman–Crippen MR) is 97.7 cm³/mol. The number of rotatable bonds is 3.